The zero-order chi connectivity index (χ0) is 25.8. The Morgan fingerprint density at radius 2 is 1.42 bits per heavy atom. The van der Waals surface area contributed by atoms with Crippen LogP contribution in [0.25, 0.3) is 0 Å². The molecular weight excluding hydrogens is 498 g/mol. The number of benzene rings is 2. The number of sulfonamides is 1. The lowest BCUT2D eigenvalue weighted by Crippen LogP contribution is -2.39. The van der Waals surface area contributed by atoms with Gasteiger partial charge in [0.05, 0.1) is 17.7 Å². The fraction of sp³-hybridized carbons (Fsp3) is 0.481. The Kier molecular flexibility index (Phi) is 11.1. The fourth-order valence-corrected chi connectivity index (χ4v) is 5.78. The Bertz CT molecular complexity index is 1090. The summed E-state index contributed by atoms with van der Waals surface area (Å²) in [6, 6.07) is 12.4. The van der Waals surface area contributed by atoms with Crippen molar-refractivity contribution in [3.63, 3.8) is 0 Å². The number of hydrogen-bond donors (Lipinski definition) is 1. The maximum absolute atomic E-state index is 13.5. The number of carbonyl (C=O) groups excluding carboxylic acids is 1. The molecule has 2 aromatic carbocycles. The molecule has 3 rings (SSSR count). The van der Waals surface area contributed by atoms with Crippen molar-refractivity contribution in [1.29, 1.82) is 0 Å². The molecule has 0 bridgehead atoms. The van der Waals surface area contributed by atoms with Crippen LogP contribution >= 0.6 is 11.6 Å². The summed E-state index contributed by atoms with van der Waals surface area (Å²) in [6.45, 7) is -0.410. The highest BCUT2D eigenvalue weighted by molar-refractivity contribution is 7.92. The molecule has 0 saturated heterocycles. The van der Waals surface area contributed by atoms with E-state index in [1.807, 2.05) is 0 Å². The highest BCUT2D eigenvalue weighted by atomic mass is 35.5. The second-order valence-corrected chi connectivity index (χ2v) is 11.4. The van der Waals surface area contributed by atoms with Gasteiger partial charge in [-0.2, -0.15) is 5.10 Å². The third-order valence-electron chi connectivity index (χ3n) is 6.32. The van der Waals surface area contributed by atoms with Crippen LogP contribution in [0.5, 0.6) is 5.75 Å². The van der Waals surface area contributed by atoms with Crippen LogP contribution in [-0.2, 0) is 14.8 Å². The normalized spacial score (nSPS) is 15.8. The monoisotopic (exact) mass is 533 g/mol. The minimum Gasteiger partial charge on any atom is -0.497 e. The molecule has 36 heavy (non-hydrogen) atoms. The summed E-state index contributed by atoms with van der Waals surface area (Å²) in [5, 5.41) is 4.88. The molecule has 1 saturated carbocycles. The van der Waals surface area contributed by atoms with Gasteiger partial charge >= 0.3 is 0 Å². The minimum atomic E-state index is -4.03. The van der Waals surface area contributed by atoms with Crippen molar-refractivity contribution in [2.24, 2.45) is 5.10 Å². The van der Waals surface area contributed by atoms with Crippen LogP contribution in [0.15, 0.2) is 58.5 Å². The third kappa shape index (κ3) is 8.52. The highest BCUT2D eigenvalue weighted by Crippen LogP contribution is 2.26. The van der Waals surface area contributed by atoms with Gasteiger partial charge in [-0.15, -0.1) is 0 Å². The molecule has 1 N–H and O–H groups in total. The van der Waals surface area contributed by atoms with Crippen LogP contribution in [0, 0.1) is 0 Å². The Hall–Kier alpha value is -2.58. The van der Waals surface area contributed by atoms with Gasteiger partial charge in [-0.05, 0) is 74.2 Å². The van der Waals surface area contributed by atoms with Gasteiger partial charge in [0.15, 0.2) is 0 Å². The van der Waals surface area contributed by atoms with Crippen LogP contribution in [0.1, 0.15) is 70.6 Å². The van der Waals surface area contributed by atoms with Gasteiger partial charge < -0.3 is 4.74 Å². The number of anilines is 1. The molecule has 0 heterocycles. The van der Waals surface area contributed by atoms with E-state index in [0.717, 1.165) is 48.5 Å². The standard InChI is InChI=1S/C27H36ClN3O4S/c1-35-25-17-19-26(20-18-25)36(33,34)31(24-15-13-22(28)14-16-24)21-27(32)30-29-23-11-9-7-5-3-2-4-6-8-10-12-23/h13-20H,2-12,21H2,1H3,(H,30,32). The van der Waals surface area contributed by atoms with Crippen molar-refractivity contribution in [2.45, 2.75) is 75.5 Å². The number of amides is 1. The third-order valence-corrected chi connectivity index (χ3v) is 8.36. The molecule has 2 aromatic rings. The largest absolute Gasteiger partial charge is 0.497 e. The van der Waals surface area contributed by atoms with Crippen molar-refractivity contribution in [2.75, 3.05) is 18.0 Å². The summed E-state index contributed by atoms with van der Waals surface area (Å²) in [5.74, 6) is 0.0400. The summed E-state index contributed by atoms with van der Waals surface area (Å²) in [4.78, 5) is 13.0. The van der Waals surface area contributed by atoms with Crippen LogP contribution in [0.4, 0.5) is 5.69 Å². The lowest BCUT2D eigenvalue weighted by molar-refractivity contribution is -0.119. The Balaban J connectivity index is 1.76. The summed E-state index contributed by atoms with van der Waals surface area (Å²) < 4.78 is 33.2. The predicted octanol–water partition coefficient (Wildman–Crippen LogP) is 6.32. The van der Waals surface area contributed by atoms with Crippen LogP contribution in [0.2, 0.25) is 5.02 Å². The van der Waals surface area contributed by atoms with Crippen molar-refractivity contribution < 1.29 is 17.9 Å². The number of rotatable bonds is 7. The zero-order valence-electron chi connectivity index (χ0n) is 20.9. The Morgan fingerprint density at radius 3 is 1.94 bits per heavy atom. The van der Waals surface area contributed by atoms with E-state index in [4.69, 9.17) is 16.3 Å². The van der Waals surface area contributed by atoms with Crippen molar-refractivity contribution in [1.82, 2.24) is 5.43 Å². The van der Waals surface area contributed by atoms with E-state index >= 15 is 0 Å². The number of ether oxygens (including phenoxy) is 1. The first kappa shape index (κ1) is 28.0. The van der Waals surface area contributed by atoms with E-state index in [1.54, 1.807) is 36.4 Å². The number of methoxy groups -OCH3 is 1. The second-order valence-electron chi connectivity index (χ2n) is 9.06. The first-order valence-corrected chi connectivity index (χ1v) is 14.5. The van der Waals surface area contributed by atoms with Gasteiger partial charge in [-0.25, -0.2) is 13.8 Å². The molecule has 196 valence electrons. The minimum absolute atomic E-state index is 0.0525. The Morgan fingerprint density at radius 1 is 0.889 bits per heavy atom. The summed E-state index contributed by atoms with van der Waals surface area (Å²) >= 11 is 6.01. The van der Waals surface area contributed by atoms with Crippen molar-refractivity contribution in [3.05, 3.63) is 53.6 Å². The molecule has 0 aromatic heterocycles. The molecule has 9 heteroatoms. The molecule has 1 fully saturated rings. The molecular formula is C27H36ClN3O4S. The number of hydrogen-bond acceptors (Lipinski definition) is 5. The van der Waals surface area contributed by atoms with Gasteiger partial charge in [-0.3, -0.25) is 9.10 Å². The predicted molar refractivity (Wildman–Crippen MR) is 145 cm³/mol. The number of carbonyl (C=O) groups is 1. The first-order valence-electron chi connectivity index (χ1n) is 12.7. The number of nitrogens with zero attached hydrogens (tertiary/aromatic N) is 2. The summed E-state index contributed by atoms with van der Waals surface area (Å²) in [6.07, 6.45) is 12.5. The van der Waals surface area contributed by atoms with Crippen molar-refractivity contribution >= 4 is 38.9 Å². The lowest BCUT2D eigenvalue weighted by atomic mass is 10.00. The summed E-state index contributed by atoms with van der Waals surface area (Å²) in [7, 11) is -2.52. The average molecular weight is 534 g/mol. The molecule has 1 aliphatic carbocycles. The molecule has 0 unspecified atom stereocenters. The SMILES string of the molecule is COc1ccc(S(=O)(=O)N(CC(=O)NN=C2CCCCCCCCCCC2)c2ccc(Cl)cc2)cc1. The molecule has 0 spiro atoms. The molecule has 7 nitrogen and oxygen atoms in total. The van der Waals surface area contributed by atoms with Crippen molar-refractivity contribution in [3.8, 4) is 5.75 Å². The number of hydrazone groups is 1. The van der Waals surface area contributed by atoms with E-state index in [9.17, 15) is 13.2 Å². The molecule has 1 aliphatic rings. The van der Waals surface area contributed by atoms with E-state index in [-0.39, 0.29) is 4.90 Å². The van der Waals surface area contributed by atoms with Gasteiger partial charge in [-0.1, -0.05) is 56.5 Å². The second kappa shape index (κ2) is 14.2. The molecule has 1 amide bonds. The zero-order valence-corrected chi connectivity index (χ0v) is 22.5. The number of halogens is 1. The smallest absolute Gasteiger partial charge is 0.264 e. The van der Waals surface area contributed by atoms with Gasteiger partial charge in [0.25, 0.3) is 15.9 Å². The van der Waals surface area contributed by atoms with Crippen LogP contribution in [0.3, 0.4) is 0 Å². The lowest BCUT2D eigenvalue weighted by Gasteiger charge is -2.24. The Labute approximate surface area is 219 Å². The van der Waals surface area contributed by atoms with Gasteiger partial charge in [0.1, 0.15) is 12.3 Å². The fourth-order valence-electron chi connectivity index (χ4n) is 4.24. The van der Waals surface area contributed by atoms with Crippen LogP contribution in [-0.4, -0.2) is 33.7 Å². The van der Waals surface area contributed by atoms with E-state index in [1.165, 1.54) is 51.3 Å². The molecule has 0 atom stereocenters. The topological polar surface area (TPSA) is 88.1 Å². The quantitative estimate of drug-likeness (QED) is 0.422. The molecule has 0 aliphatic heterocycles. The molecule has 0 radical (unpaired) electrons. The first-order chi connectivity index (χ1) is 17.4. The van der Waals surface area contributed by atoms with E-state index in [2.05, 4.69) is 10.5 Å². The van der Waals surface area contributed by atoms with Crippen LogP contribution < -0.4 is 14.5 Å². The van der Waals surface area contributed by atoms with Gasteiger partial charge in [0, 0.05) is 10.7 Å². The summed E-state index contributed by atoms with van der Waals surface area (Å²) in [5.41, 5.74) is 3.92. The highest BCUT2D eigenvalue weighted by Gasteiger charge is 2.27. The van der Waals surface area contributed by atoms with E-state index < -0.39 is 22.5 Å². The van der Waals surface area contributed by atoms with Gasteiger partial charge in [0.2, 0.25) is 0 Å². The number of nitrogens with one attached hydrogen (secondary N) is 1. The average Bonchev–Trinajstić information content (AvgIpc) is 2.87. The maximum Gasteiger partial charge on any atom is 0.264 e. The maximum atomic E-state index is 13.5. The van der Waals surface area contributed by atoms with E-state index in [0.29, 0.717) is 16.5 Å².